The van der Waals surface area contributed by atoms with Gasteiger partial charge in [0.1, 0.15) is 11.6 Å². The van der Waals surface area contributed by atoms with Crippen LogP contribution in [0.15, 0.2) is 35.7 Å². The van der Waals surface area contributed by atoms with E-state index in [1.54, 1.807) is 11.3 Å². The number of thiophene rings is 1. The highest BCUT2D eigenvalue weighted by molar-refractivity contribution is 7.10. The highest BCUT2D eigenvalue weighted by Gasteiger charge is 2.11. The van der Waals surface area contributed by atoms with Gasteiger partial charge in [0.15, 0.2) is 0 Å². The fourth-order valence-electron chi connectivity index (χ4n) is 1.90. The Morgan fingerprint density at radius 2 is 2.06 bits per heavy atom. The predicted octanol–water partition coefficient (Wildman–Crippen LogP) is 4.14. The van der Waals surface area contributed by atoms with Crippen LogP contribution in [0.1, 0.15) is 30.7 Å². The molecule has 0 saturated heterocycles. The second-order valence-corrected chi connectivity index (χ2v) is 5.14. The van der Waals surface area contributed by atoms with Gasteiger partial charge in [-0.1, -0.05) is 25.5 Å². The molecule has 0 fully saturated rings. The minimum atomic E-state index is 0.356. The molecule has 2 heterocycles. The fourth-order valence-corrected chi connectivity index (χ4v) is 2.71. The van der Waals surface area contributed by atoms with Crippen molar-refractivity contribution in [1.82, 2.24) is 4.98 Å². The maximum Gasteiger partial charge on any atom is 0.128 e. The van der Waals surface area contributed by atoms with Gasteiger partial charge in [-0.15, -0.1) is 11.3 Å². The van der Waals surface area contributed by atoms with Gasteiger partial charge in [-0.05, 0) is 30.0 Å². The Hall–Kier alpha value is -1.55. The number of rotatable bonds is 6. The molecule has 4 heteroatoms. The van der Waals surface area contributed by atoms with Crippen LogP contribution in [0.2, 0.25) is 0 Å². The number of anilines is 2. The van der Waals surface area contributed by atoms with E-state index in [2.05, 4.69) is 40.1 Å². The largest absolute Gasteiger partial charge is 0.373 e. The molecule has 0 amide bonds. The zero-order valence-corrected chi connectivity index (χ0v) is 11.6. The molecule has 0 aromatic carbocycles. The molecule has 0 aliphatic rings. The van der Waals surface area contributed by atoms with Gasteiger partial charge >= 0.3 is 0 Å². The van der Waals surface area contributed by atoms with E-state index in [0.717, 1.165) is 24.5 Å². The van der Waals surface area contributed by atoms with Gasteiger partial charge in [0.05, 0.1) is 6.04 Å². The second kappa shape index (κ2) is 6.40. The fraction of sp³-hybridized carbons (Fsp3) is 0.357. The van der Waals surface area contributed by atoms with Crippen LogP contribution >= 0.6 is 11.3 Å². The smallest absolute Gasteiger partial charge is 0.128 e. The van der Waals surface area contributed by atoms with Crippen LogP contribution in [-0.4, -0.2) is 12.0 Å². The molecule has 0 radical (unpaired) electrons. The van der Waals surface area contributed by atoms with Crippen LogP contribution in [0, 0.1) is 0 Å². The summed E-state index contributed by atoms with van der Waals surface area (Å²) >= 11 is 1.79. The van der Waals surface area contributed by atoms with E-state index in [9.17, 15) is 0 Å². The van der Waals surface area contributed by atoms with Gasteiger partial charge < -0.3 is 10.6 Å². The van der Waals surface area contributed by atoms with Gasteiger partial charge in [0.2, 0.25) is 0 Å². The molecule has 2 rings (SSSR count). The highest BCUT2D eigenvalue weighted by Crippen LogP contribution is 2.27. The predicted molar refractivity (Wildman–Crippen MR) is 79.4 cm³/mol. The summed E-state index contributed by atoms with van der Waals surface area (Å²) in [5.74, 6) is 1.81. The van der Waals surface area contributed by atoms with Crippen molar-refractivity contribution in [3.8, 4) is 0 Å². The van der Waals surface area contributed by atoms with Crippen molar-refractivity contribution >= 4 is 23.0 Å². The van der Waals surface area contributed by atoms with Crippen molar-refractivity contribution in [3.63, 3.8) is 0 Å². The summed E-state index contributed by atoms with van der Waals surface area (Å²) in [6.45, 7) is 2.21. The van der Waals surface area contributed by atoms with E-state index in [4.69, 9.17) is 0 Å². The Balaban J connectivity index is 2.13. The van der Waals surface area contributed by atoms with Crippen molar-refractivity contribution in [2.45, 2.75) is 25.8 Å². The molecule has 2 aromatic heterocycles. The third kappa shape index (κ3) is 3.23. The Morgan fingerprint density at radius 1 is 1.22 bits per heavy atom. The van der Waals surface area contributed by atoms with Crippen LogP contribution in [0.5, 0.6) is 0 Å². The summed E-state index contributed by atoms with van der Waals surface area (Å²) in [6, 6.07) is 10.6. The summed E-state index contributed by atoms with van der Waals surface area (Å²) in [6.07, 6.45) is 2.27. The molecule has 0 bridgehead atoms. The van der Waals surface area contributed by atoms with Crippen LogP contribution in [-0.2, 0) is 0 Å². The molecule has 18 heavy (non-hydrogen) atoms. The zero-order valence-electron chi connectivity index (χ0n) is 10.8. The average molecular weight is 261 g/mol. The van der Waals surface area contributed by atoms with Crippen molar-refractivity contribution in [3.05, 3.63) is 40.6 Å². The molecule has 0 aliphatic carbocycles. The molecule has 2 aromatic rings. The monoisotopic (exact) mass is 261 g/mol. The van der Waals surface area contributed by atoms with E-state index in [-0.39, 0.29) is 0 Å². The average Bonchev–Trinajstić information content (AvgIpc) is 2.92. The Labute approximate surface area is 112 Å². The lowest BCUT2D eigenvalue weighted by Gasteiger charge is -2.17. The maximum absolute atomic E-state index is 4.51. The number of pyridine rings is 1. The maximum atomic E-state index is 4.51. The van der Waals surface area contributed by atoms with Crippen molar-refractivity contribution in [2.75, 3.05) is 17.7 Å². The second-order valence-electron chi connectivity index (χ2n) is 4.16. The van der Waals surface area contributed by atoms with E-state index >= 15 is 0 Å². The van der Waals surface area contributed by atoms with Gasteiger partial charge in [0.25, 0.3) is 0 Å². The summed E-state index contributed by atoms with van der Waals surface area (Å²) in [5, 5.41) is 8.70. The number of hydrogen-bond acceptors (Lipinski definition) is 4. The third-order valence-corrected chi connectivity index (χ3v) is 3.78. The number of nitrogens with zero attached hydrogens (tertiary/aromatic N) is 1. The van der Waals surface area contributed by atoms with Crippen molar-refractivity contribution in [2.24, 2.45) is 0 Å². The summed E-state index contributed by atoms with van der Waals surface area (Å²) in [7, 11) is 1.88. The van der Waals surface area contributed by atoms with E-state index in [1.807, 2.05) is 25.2 Å². The number of aromatic nitrogens is 1. The summed E-state index contributed by atoms with van der Waals surface area (Å²) in [4.78, 5) is 5.87. The Morgan fingerprint density at radius 3 is 2.72 bits per heavy atom. The minimum absolute atomic E-state index is 0.356. The lowest BCUT2D eigenvalue weighted by molar-refractivity contribution is 0.685. The molecule has 1 unspecified atom stereocenters. The molecular weight excluding hydrogens is 242 g/mol. The minimum Gasteiger partial charge on any atom is -0.373 e. The first kappa shape index (κ1) is 12.9. The molecule has 96 valence electrons. The first-order valence-corrected chi connectivity index (χ1v) is 7.16. The first-order valence-electron chi connectivity index (χ1n) is 6.28. The Bertz CT molecular complexity index is 468. The number of nitrogens with one attached hydrogen (secondary N) is 2. The van der Waals surface area contributed by atoms with Crippen LogP contribution < -0.4 is 10.6 Å². The van der Waals surface area contributed by atoms with Gasteiger partial charge in [-0.25, -0.2) is 4.98 Å². The molecule has 1 atom stereocenters. The Kier molecular flexibility index (Phi) is 4.59. The molecule has 0 spiro atoms. The molecular formula is C14H19N3S. The zero-order chi connectivity index (χ0) is 12.8. The lowest BCUT2D eigenvalue weighted by Crippen LogP contribution is -2.10. The van der Waals surface area contributed by atoms with Gasteiger partial charge in [-0.2, -0.15) is 0 Å². The quantitative estimate of drug-likeness (QED) is 0.820. The SMILES string of the molecule is CCCC(Nc1cccc(NC)n1)c1cccs1. The molecule has 0 saturated carbocycles. The molecule has 2 N–H and O–H groups in total. The first-order chi connectivity index (χ1) is 8.83. The number of hydrogen-bond donors (Lipinski definition) is 2. The van der Waals surface area contributed by atoms with Crippen molar-refractivity contribution < 1.29 is 0 Å². The van der Waals surface area contributed by atoms with Gasteiger partial charge in [-0.3, -0.25) is 0 Å². The van der Waals surface area contributed by atoms with E-state index in [0.29, 0.717) is 6.04 Å². The van der Waals surface area contributed by atoms with E-state index in [1.165, 1.54) is 4.88 Å². The van der Waals surface area contributed by atoms with Crippen LogP contribution in [0.4, 0.5) is 11.6 Å². The topological polar surface area (TPSA) is 37.0 Å². The summed E-state index contributed by atoms with van der Waals surface area (Å²) < 4.78 is 0. The standard InChI is InChI=1S/C14H19N3S/c1-3-6-11(12-7-5-10-18-12)16-14-9-4-8-13(15-2)17-14/h4-5,7-11H,3,6H2,1-2H3,(H2,15,16,17). The van der Waals surface area contributed by atoms with Crippen molar-refractivity contribution in [1.29, 1.82) is 0 Å². The summed E-state index contributed by atoms with van der Waals surface area (Å²) in [5.41, 5.74) is 0. The molecule has 0 aliphatic heterocycles. The normalized spacial score (nSPS) is 12.1. The van der Waals surface area contributed by atoms with E-state index < -0.39 is 0 Å². The van der Waals surface area contributed by atoms with Crippen LogP contribution in [0.3, 0.4) is 0 Å². The van der Waals surface area contributed by atoms with Gasteiger partial charge in [0, 0.05) is 11.9 Å². The van der Waals surface area contributed by atoms with Crippen LogP contribution in [0.25, 0.3) is 0 Å². The lowest BCUT2D eigenvalue weighted by atomic mass is 10.1. The third-order valence-electron chi connectivity index (χ3n) is 2.79. The molecule has 3 nitrogen and oxygen atoms in total. The highest BCUT2D eigenvalue weighted by atomic mass is 32.1.